The van der Waals surface area contributed by atoms with Gasteiger partial charge in [0.25, 0.3) is 0 Å². The van der Waals surface area contributed by atoms with Crippen LogP contribution in [0.25, 0.3) is 0 Å². The summed E-state index contributed by atoms with van der Waals surface area (Å²) in [4.78, 5) is 2.38. The molecule has 0 aliphatic heterocycles. The number of aromatic nitrogens is 2. The molecule has 1 aliphatic carbocycles. The van der Waals surface area contributed by atoms with Crippen molar-refractivity contribution in [3.05, 3.63) is 47.7 Å². The Morgan fingerprint density at radius 3 is 2.71 bits per heavy atom. The maximum absolute atomic E-state index is 5.50. The molecule has 0 unspecified atom stereocenters. The van der Waals surface area contributed by atoms with Gasteiger partial charge in [-0.05, 0) is 37.8 Å². The second kappa shape index (κ2) is 6.39. The fourth-order valence-corrected chi connectivity index (χ4v) is 3.48. The Kier molecular flexibility index (Phi) is 4.34. The molecule has 1 aliphatic rings. The number of hydrogen-bond donors (Lipinski definition) is 0. The number of benzene rings is 1. The summed E-state index contributed by atoms with van der Waals surface area (Å²) in [7, 11) is 2.17. The predicted octanol–water partition coefficient (Wildman–Crippen LogP) is 3.22. The Morgan fingerprint density at radius 1 is 1.19 bits per heavy atom. The first-order chi connectivity index (χ1) is 10.2. The third-order valence-electron chi connectivity index (χ3n) is 4.48. The van der Waals surface area contributed by atoms with E-state index < -0.39 is 0 Å². The van der Waals surface area contributed by atoms with Crippen molar-refractivity contribution >= 4 is 0 Å². The van der Waals surface area contributed by atoms with Gasteiger partial charge < -0.3 is 4.42 Å². The van der Waals surface area contributed by atoms with Crippen LogP contribution in [0.15, 0.2) is 34.7 Å². The molecule has 0 saturated heterocycles. The van der Waals surface area contributed by atoms with Crippen molar-refractivity contribution < 1.29 is 4.42 Å². The molecule has 0 N–H and O–H groups in total. The second-order valence-electron chi connectivity index (χ2n) is 6.08. The van der Waals surface area contributed by atoms with Gasteiger partial charge in [-0.3, -0.25) is 4.90 Å². The molecule has 0 amide bonds. The average molecular weight is 285 g/mol. The highest BCUT2D eigenvalue weighted by Gasteiger charge is 2.30. The molecular formula is C17H23N3O. The number of nitrogens with zero attached hydrogens (tertiary/aromatic N) is 3. The molecule has 3 rings (SSSR count). The van der Waals surface area contributed by atoms with E-state index in [2.05, 4.69) is 52.5 Å². The minimum absolute atomic E-state index is 0.609. The van der Waals surface area contributed by atoms with Crippen molar-refractivity contribution in [2.45, 2.75) is 45.2 Å². The Hall–Kier alpha value is -1.68. The van der Waals surface area contributed by atoms with Gasteiger partial charge in [-0.15, -0.1) is 10.2 Å². The summed E-state index contributed by atoms with van der Waals surface area (Å²) in [5, 5.41) is 8.02. The molecule has 21 heavy (non-hydrogen) atoms. The lowest BCUT2D eigenvalue weighted by molar-refractivity contribution is 0.173. The molecule has 1 fully saturated rings. The third-order valence-corrected chi connectivity index (χ3v) is 4.48. The van der Waals surface area contributed by atoms with E-state index in [0.717, 1.165) is 18.4 Å². The Labute approximate surface area is 126 Å². The van der Waals surface area contributed by atoms with Gasteiger partial charge in [0.05, 0.1) is 6.54 Å². The fraction of sp³-hybridized carbons (Fsp3) is 0.529. The van der Waals surface area contributed by atoms with Gasteiger partial charge in [0.2, 0.25) is 11.8 Å². The zero-order valence-corrected chi connectivity index (χ0v) is 12.8. The van der Waals surface area contributed by atoms with Crippen molar-refractivity contribution in [2.75, 3.05) is 7.05 Å². The first kappa shape index (κ1) is 14.3. The molecule has 4 nitrogen and oxygen atoms in total. The summed E-state index contributed by atoms with van der Waals surface area (Å²) < 4.78 is 5.50. The van der Waals surface area contributed by atoms with Crippen LogP contribution in [-0.4, -0.2) is 28.2 Å². The van der Waals surface area contributed by atoms with Crippen LogP contribution in [0.2, 0.25) is 0 Å². The van der Waals surface area contributed by atoms with Crippen LogP contribution in [0.1, 0.15) is 36.6 Å². The monoisotopic (exact) mass is 285 g/mol. The minimum Gasteiger partial charge on any atom is -0.424 e. The van der Waals surface area contributed by atoms with Gasteiger partial charge in [-0.1, -0.05) is 36.8 Å². The van der Waals surface area contributed by atoms with Crippen LogP contribution in [0.5, 0.6) is 0 Å². The van der Waals surface area contributed by atoms with Crippen LogP contribution in [-0.2, 0) is 13.0 Å². The van der Waals surface area contributed by atoms with Crippen molar-refractivity contribution in [3.63, 3.8) is 0 Å². The minimum atomic E-state index is 0.609. The fourth-order valence-electron chi connectivity index (χ4n) is 3.48. The van der Waals surface area contributed by atoms with Crippen LogP contribution in [0.4, 0.5) is 0 Å². The van der Waals surface area contributed by atoms with E-state index in [9.17, 15) is 0 Å². The van der Waals surface area contributed by atoms with Gasteiger partial charge in [-0.2, -0.15) is 0 Å². The maximum Gasteiger partial charge on any atom is 0.230 e. The van der Waals surface area contributed by atoms with Crippen molar-refractivity contribution in [1.82, 2.24) is 15.1 Å². The van der Waals surface area contributed by atoms with E-state index in [1.54, 1.807) is 0 Å². The average Bonchev–Trinajstić information content (AvgIpc) is 3.09. The van der Waals surface area contributed by atoms with Gasteiger partial charge >= 0.3 is 0 Å². The molecular weight excluding hydrogens is 262 g/mol. The Bertz CT molecular complexity index is 566. The van der Waals surface area contributed by atoms with Gasteiger partial charge in [-0.25, -0.2) is 0 Å². The van der Waals surface area contributed by atoms with E-state index in [1.807, 2.05) is 6.92 Å². The van der Waals surface area contributed by atoms with Crippen LogP contribution in [0.3, 0.4) is 0 Å². The van der Waals surface area contributed by atoms with Crippen LogP contribution >= 0.6 is 0 Å². The van der Waals surface area contributed by atoms with E-state index >= 15 is 0 Å². The highest BCUT2D eigenvalue weighted by molar-refractivity contribution is 5.16. The zero-order valence-electron chi connectivity index (χ0n) is 12.8. The first-order valence-electron chi connectivity index (χ1n) is 7.75. The summed E-state index contributed by atoms with van der Waals surface area (Å²) in [5.74, 6) is 2.09. The predicted molar refractivity (Wildman–Crippen MR) is 81.8 cm³/mol. The van der Waals surface area contributed by atoms with Crippen molar-refractivity contribution in [2.24, 2.45) is 5.92 Å². The van der Waals surface area contributed by atoms with Gasteiger partial charge in [0.15, 0.2) is 0 Å². The van der Waals surface area contributed by atoms with Crippen molar-refractivity contribution in [3.8, 4) is 0 Å². The Balaban J connectivity index is 1.63. The molecule has 1 heterocycles. The van der Waals surface area contributed by atoms with Gasteiger partial charge in [0.1, 0.15) is 0 Å². The molecule has 112 valence electrons. The van der Waals surface area contributed by atoms with Crippen LogP contribution < -0.4 is 0 Å². The summed E-state index contributed by atoms with van der Waals surface area (Å²) in [6.45, 7) is 2.58. The molecule has 4 heteroatoms. The summed E-state index contributed by atoms with van der Waals surface area (Å²) in [5.41, 5.74) is 1.44. The highest BCUT2D eigenvalue weighted by atomic mass is 16.4. The standard InChI is InChI=1S/C17H23N3O/c1-13-18-19-17(21-13)12-20(2)16-10-6-9-15(16)11-14-7-4-3-5-8-14/h3-5,7-8,15-16H,6,9-12H2,1-2H3/t15-,16+/m0/s1. The molecule has 0 radical (unpaired) electrons. The normalized spacial score (nSPS) is 22.0. The molecule has 1 aromatic carbocycles. The molecule has 1 saturated carbocycles. The lowest BCUT2D eigenvalue weighted by Crippen LogP contribution is -2.35. The smallest absolute Gasteiger partial charge is 0.230 e. The molecule has 2 aromatic rings. The molecule has 0 bridgehead atoms. The zero-order chi connectivity index (χ0) is 14.7. The summed E-state index contributed by atoms with van der Waals surface area (Å²) in [6.07, 6.45) is 5.06. The van der Waals surface area contributed by atoms with Crippen molar-refractivity contribution in [1.29, 1.82) is 0 Å². The van der Waals surface area contributed by atoms with E-state index in [0.29, 0.717) is 11.9 Å². The van der Waals surface area contributed by atoms with E-state index in [4.69, 9.17) is 4.42 Å². The molecule has 2 atom stereocenters. The maximum atomic E-state index is 5.50. The topological polar surface area (TPSA) is 42.2 Å². The second-order valence-corrected chi connectivity index (χ2v) is 6.08. The lowest BCUT2D eigenvalue weighted by atomic mass is 9.94. The number of aryl methyl sites for hydroxylation is 1. The van der Waals surface area contributed by atoms with Crippen LogP contribution in [0, 0.1) is 12.8 Å². The quantitative estimate of drug-likeness (QED) is 0.846. The first-order valence-corrected chi connectivity index (χ1v) is 7.75. The van der Waals surface area contributed by atoms with E-state index in [1.165, 1.54) is 31.2 Å². The number of hydrogen-bond acceptors (Lipinski definition) is 4. The Morgan fingerprint density at radius 2 is 2.00 bits per heavy atom. The number of rotatable bonds is 5. The molecule has 1 aromatic heterocycles. The SMILES string of the molecule is Cc1nnc(CN(C)[C@@H]2CCC[C@H]2Cc2ccccc2)o1. The van der Waals surface area contributed by atoms with Gasteiger partial charge in [0, 0.05) is 13.0 Å². The lowest BCUT2D eigenvalue weighted by Gasteiger charge is -2.28. The third kappa shape index (κ3) is 3.50. The summed E-state index contributed by atoms with van der Waals surface area (Å²) in [6, 6.07) is 11.4. The molecule has 0 spiro atoms. The van der Waals surface area contributed by atoms with E-state index in [-0.39, 0.29) is 0 Å². The largest absolute Gasteiger partial charge is 0.424 e. The summed E-state index contributed by atoms with van der Waals surface area (Å²) >= 11 is 0. The highest BCUT2D eigenvalue weighted by Crippen LogP contribution is 2.32.